The number of nitrogens with one attached hydrogen (secondary N) is 1. The van der Waals surface area contributed by atoms with Crippen LogP contribution in [0.4, 0.5) is 11.4 Å². The molecular formula is C17H23N3. The first-order chi connectivity index (χ1) is 9.61. The second kappa shape index (κ2) is 5.31. The van der Waals surface area contributed by atoms with Crippen LogP contribution < -0.4 is 11.1 Å². The van der Waals surface area contributed by atoms with E-state index in [4.69, 9.17) is 5.73 Å². The van der Waals surface area contributed by atoms with Crippen molar-refractivity contribution in [1.82, 2.24) is 4.98 Å². The summed E-state index contributed by atoms with van der Waals surface area (Å²) in [6, 6.07) is 8.59. The minimum Gasteiger partial charge on any atom is -0.399 e. The Bertz CT molecular complexity index is 598. The lowest BCUT2D eigenvalue weighted by Gasteiger charge is -2.32. The molecule has 3 N–H and O–H groups in total. The van der Waals surface area contributed by atoms with Gasteiger partial charge in [0.05, 0.1) is 5.52 Å². The van der Waals surface area contributed by atoms with Crippen LogP contribution in [0.25, 0.3) is 10.9 Å². The average molecular weight is 269 g/mol. The standard InChI is InChI=1S/C17H23N3/c1-11-7-12(2)9-14(8-11)20-16-5-6-19-17-10-13(18)3-4-15(16)17/h3-6,10-12,14H,7-9,18H2,1-2H3,(H,19,20). The number of fused-ring (bicyclic) bond motifs is 1. The number of rotatable bonds is 2. The number of aromatic nitrogens is 1. The Hall–Kier alpha value is -1.77. The highest BCUT2D eigenvalue weighted by atomic mass is 14.9. The topological polar surface area (TPSA) is 50.9 Å². The first-order valence-electron chi connectivity index (χ1n) is 7.52. The van der Waals surface area contributed by atoms with E-state index in [2.05, 4.69) is 36.3 Å². The second-order valence-corrected chi connectivity index (χ2v) is 6.39. The number of nitrogen functional groups attached to an aromatic ring is 1. The van der Waals surface area contributed by atoms with Gasteiger partial charge in [0.15, 0.2) is 0 Å². The van der Waals surface area contributed by atoms with Gasteiger partial charge in [-0.1, -0.05) is 13.8 Å². The average Bonchev–Trinajstić information content (AvgIpc) is 2.37. The highest BCUT2D eigenvalue weighted by molar-refractivity contribution is 5.92. The van der Waals surface area contributed by atoms with E-state index in [0.717, 1.165) is 28.4 Å². The minimum absolute atomic E-state index is 0.567. The van der Waals surface area contributed by atoms with Crippen LogP contribution in [0.5, 0.6) is 0 Å². The van der Waals surface area contributed by atoms with Crippen LogP contribution in [0.15, 0.2) is 30.5 Å². The van der Waals surface area contributed by atoms with Crippen molar-refractivity contribution >= 4 is 22.3 Å². The molecule has 0 radical (unpaired) electrons. The molecule has 3 nitrogen and oxygen atoms in total. The predicted octanol–water partition coefficient (Wildman–Crippen LogP) is 4.05. The molecule has 1 aliphatic carbocycles. The summed E-state index contributed by atoms with van der Waals surface area (Å²) in [5, 5.41) is 4.88. The summed E-state index contributed by atoms with van der Waals surface area (Å²) >= 11 is 0. The molecule has 0 amide bonds. The predicted molar refractivity (Wildman–Crippen MR) is 85.7 cm³/mol. The van der Waals surface area contributed by atoms with Gasteiger partial charge in [-0.2, -0.15) is 0 Å². The molecule has 0 bridgehead atoms. The number of hydrogen-bond donors (Lipinski definition) is 2. The highest BCUT2D eigenvalue weighted by Gasteiger charge is 2.24. The monoisotopic (exact) mass is 269 g/mol. The Kier molecular flexibility index (Phi) is 3.51. The number of hydrogen-bond acceptors (Lipinski definition) is 3. The van der Waals surface area contributed by atoms with Gasteiger partial charge >= 0.3 is 0 Å². The van der Waals surface area contributed by atoms with Crippen molar-refractivity contribution in [1.29, 1.82) is 0 Å². The van der Waals surface area contributed by atoms with Crippen molar-refractivity contribution < 1.29 is 0 Å². The van der Waals surface area contributed by atoms with Gasteiger partial charge in [0, 0.05) is 29.0 Å². The third-order valence-electron chi connectivity index (χ3n) is 4.30. The van der Waals surface area contributed by atoms with E-state index in [1.165, 1.54) is 24.9 Å². The van der Waals surface area contributed by atoms with E-state index in [0.29, 0.717) is 6.04 Å². The maximum absolute atomic E-state index is 5.83. The molecule has 1 saturated carbocycles. The Labute approximate surface area is 120 Å². The molecule has 0 saturated heterocycles. The molecule has 3 rings (SSSR count). The van der Waals surface area contributed by atoms with Gasteiger partial charge in [0.2, 0.25) is 0 Å². The van der Waals surface area contributed by atoms with Crippen LogP contribution in [0, 0.1) is 11.8 Å². The molecule has 2 unspecified atom stereocenters. The summed E-state index contributed by atoms with van der Waals surface area (Å²) in [7, 11) is 0. The van der Waals surface area contributed by atoms with Gasteiger partial charge in [-0.3, -0.25) is 4.98 Å². The van der Waals surface area contributed by atoms with Crippen LogP contribution in [0.1, 0.15) is 33.1 Å². The van der Waals surface area contributed by atoms with Crippen LogP contribution in [0.2, 0.25) is 0 Å². The van der Waals surface area contributed by atoms with Crippen molar-refractivity contribution in [3.05, 3.63) is 30.5 Å². The molecule has 20 heavy (non-hydrogen) atoms. The van der Waals surface area contributed by atoms with Gasteiger partial charge < -0.3 is 11.1 Å². The van der Waals surface area contributed by atoms with Crippen LogP contribution in [0.3, 0.4) is 0 Å². The molecular weight excluding hydrogens is 246 g/mol. The Balaban J connectivity index is 1.87. The lowest BCUT2D eigenvalue weighted by Crippen LogP contribution is -2.30. The molecule has 1 aromatic carbocycles. The molecule has 0 spiro atoms. The van der Waals surface area contributed by atoms with Crippen molar-refractivity contribution in [3.8, 4) is 0 Å². The number of nitrogens with two attached hydrogens (primary N) is 1. The number of benzene rings is 1. The third-order valence-corrected chi connectivity index (χ3v) is 4.30. The van der Waals surface area contributed by atoms with E-state index in [-0.39, 0.29) is 0 Å². The summed E-state index contributed by atoms with van der Waals surface area (Å²) < 4.78 is 0. The summed E-state index contributed by atoms with van der Waals surface area (Å²) in [6.07, 6.45) is 5.72. The fourth-order valence-corrected chi connectivity index (χ4v) is 3.58. The zero-order valence-electron chi connectivity index (χ0n) is 12.3. The fourth-order valence-electron chi connectivity index (χ4n) is 3.58. The van der Waals surface area contributed by atoms with Crippen LogP contribution >= 0.6 is 0 Å². The first-order valence-corrected chi connectivity index (χ1v) is 7.52. The van der Waals surface area contributed by atoms with Crippen LogP contribution in [-0.4, -0.2) is 11.0 Å². The maximum atomic E-state index is 5.83. The van der Waals surface area contributed by atoms with Gasteiger partial charge in [-0.25, -0.2) is 0 Å². The highest BCUT2D eigenvalue weighted by Crippen LogP contribution is 2.32. The Morgan fingerprint density at radius 1 is 1.10 bits per heavy atom. The summed E-state index contributed by atoms with van der Waals surface area (Å²) in [5.41, 5.74) is 8.75. The lowest BCUT2D eigenvalue weighted by atomic mass is 9.80. The van der Waals surface area contributed by atoms with Gasteiger partial charge in [-0.15, -0.1) is 0 Å². The minimum atomic E-state index is 0.567. The molecule has 0 aliphatic heterocycles. The van der Waals surface area contributed by atoms with Crippen molar-refractivity contribution in [2.45, 2.75) is 39.2 Å². The summed E-state index contributed by atoms with van der Waals surface area (Å²) in [5.74, 6) is 1.61. The Morgan fingerprint density at radius 3 is 2.60 bits per heavy atom. The molecule has 1 aliphatic rings. The van der Waals surface area contributed by atoms with Crippen LogP contribution in [-0.2, 0) is 0 Å². The quantitative estimate of drug-likeness (QED) is 0.808. The molecule has 1 heterocycles. The largest absolute Gasteiger partial charge is 0.399 e. The molecule has 1 aromatic heterocycles. The SMILES string of the molecule is CC1CC(C)CC(Nc2ccnc3cc(N)ccc23)C1. The van der Waals surface area contributed by atoms with E-state index < -0.39 is 0 Å². The lowest BCUT2D eigenvalue weighted by molar-refractivity contribution is 0.281. The second-order valence-electron chi connectivity index (χ2n) is 6.39. The zero-order chi connectivity index (χ0) is 14.1. The van der Waals surface area contributed by atoms with Gasteiger partial charge in [0.25, 0.3) is 0 Å². The molecule has 2 aromatic rings. The van der Waals surface area contributed by atoms with Gasteiger partial charge in [0.1, 0.15) is 0 Å². The molecule has 3 heteroatoms. The smallest absolute Gasteiger partial charge is 0.0743 e. The molecule has 1 fully saturated rings. The van der Waals surface area contributed by atoms with Crippen molar-refractivity contribution in [3.63, 3.8) is 0 Å². The summed E-state index contributed by atoms with van der Waals surface area (Å²) in [6.45, 7) is 4.71. The van der Waals surface area contributed by atoms with E-state index in [9.17, 15) is 0 Å². The maximum Gasteiger partial charge on any atom is 0.0743 e. The van der Waals surface area contributed by atoms with Gasteiger partial charge in [-0.05, 0) is 55.4 Å². The first kappa shape index (κ1) is 13.2. The van der Waals surface area contributed by atoms with Crippen molar-refractivity contribution in [2.24, 2.45) is 11.8 Å². The molecule has 106 valence electrons. The van der Waals surface area contributed by atoms with E-state index in [1.54, 1.807) is 0 Å². The number of nitrogens with zero attached hydrogens (tertiary/aromatic N) is 1. The summed E-state index contributed by atoms with van der Waals surface area (Å²) in [4.78, 5) is 4.41. The zero-order valence-corrected chi connectivity index (χ0v) is 12.3. The normalized spacial score (nSPS) is 26.6. The number of anilines is 2. The van der Waals surface area contributed by atoms with E-state index >= 15 is 0 Å². The third kappa shape index (κ3) is 2.72. The van der Waals surface area contributed by atoms with Crippen molar-refractivity contribution in [2.75, 3.05) is 11.1 Å². The Morgan fingerprint density at radius 2 is 1.85 bits per heavy atom. The fraction of sp³-hybridized carbons (Fsp3) is 0.471. The number of pyridine rings is 1. The molecule has 2 atom stereocenters. The van der Waals surface area contributed by atoms with E-state index in [1.807, 2.05) is 18.3 Å².